The zero-order chi connectivity index (χ0) is 13.2. The Kier molecular flexibility index (Phi) is 4.11. The van der Waals surface area contributed by atoms with Crippen molar-refractivity contribution >= 4 is 17.6 Å². The summed E-state index contributed by atoms with van der Waals surface area (Å²) >= 11 is 5.96. The van der Waals surface area contributed by atoms with Crippen LogP contribution in [0, 0.1) is 12.7 Å². The van der Waals surface area contributed by atoms with Crippen LogP contribution in [-0.2, 0) is 11.3 Å². The van der Waals surface area contributed by atoms with Crippen molar-refractivity contribution in [1.82, 2.24) is 5.32 Å². The van der Waals surface area contributed by atoms with Gasteiger partial charge in [0.15, 0.2) is 0 Å². The molecule has 2 N–H and O–H groups in total. The minimum Gasteiger partial charge on any atom is -0.480 e. The van der Waals surface area contributed by atoms with E-state index >= 15 is 0 Å². The molecule has 0 unspecified atom stereocenters. The van der Waals surface area contributed by atoms with Crippen LogP contribution in [0.1, 0.15) is 25.0 Å². The van der Waals surface area contributed by atoms with E-state index in [9.17, 15) is 9.18 Å². The highest BCUT2D eigenvalue weighted by Gasteiger charge is 2.26. The van der Waals surface area contributed by atoms with Crippen LogP contribution < -0.4 is 5.32 Å². The second kappa shape index (κ2) is 5.02. The van der Waals surface area contributed by atoms with Gasteiger partial charge in [0, 0.05) is 11.6 Å². The van der Waals surface area contributed by atoms with Crippen LogP contribution in [0.15, 0.2) is 12.1 Å². The lowest BCUT2D eigenvalue weighted by atomic mass is 10.1. The molecule has 0 aromatic heterocycles. The maximum absolute atomic E-state index is 13.3. The monoisotopic (exact) mass is 259 g/mol. The van der Waals surface area contributed by atoms with E-state index in [1.807, 2.05) is 0 Å². The second-order valence-electron chi connectivity index (χ2n) is 4.48. The Morgan fingerprint density at radius 3 is 2.65 bits per heavy atom. The first-order valence-corrected chi connectivity index (χ1v) is 5.55. The fourth-order valence-electron chi connectivity index (χ4n) is 1.21. The SMILES string of the molecule is Cc1cc(Cl)c(CNC(C)(C)C(=O)O)cc1F. The zero-order valence-corrected chi connectivity index (χ0v) is 10.7. The van der Waals surface area contributed by atoms with Gasteiger partial charge in [-0.15, -0.1) is 0 Å². The lowest BCUT2D eigenvalue weighted by Crippen LogP contribution is -2.46. The molecule has 1 aromatic carbocycles. The minimum absolute atomic E-state index is 0.204. The van der Waals surface area contributed by atoms with Gasteiger partial charge in [0.1, 0.15) is 11.4 Å². The van der Waals surface area contributed by atoms with E-state index < -0.39 is 11.5 Å². The molecular formula is C12H15ClFNO2. The van der Waals surface area contributed by atoms with Gasteiger partial charge in [-0.05, 0) is 44.0 Å². The van der Waals surface area contributed by atoms with Gasteiger partial charge in [-0.3, -0.25) is 10.1 Å². The van der Waals surface area contributed by atoms with Gasteiger partial charge in [-0.25, -0.2) is 4.39 Å². The standard InChI is InChI=1S/C12H15ClFNO2/c1-7-4-9(13)8(5-10(7)14)6-15-12(2,3)11(16)17/h4-5,15H,6H2,1-3H3,(H,16,17). The van der Waals surface area contributed by atoms with Crippen LogP contribution in [0.2, 0.25) is 5.02 Å². The molecule has 0 aliphatic carbocycles. The van der Waals surface area contributed by atoms with Crippen molar-refractivity contribution in [1.29, 1.82) is 0 Å². The molecule has 0 fully saturated rings. The lowest BCUT2D eigenvalue weighted by Gasteiger charge is -2.21. The summed E-state index contributed by atoms with van der Waals surface area (Å²) in [6, 6.07) is 2.85. The van der Waals surface area contributed by atoms with Crippen molar-refractivity contribution in [2.45, 2.75) is 32.9 Å². The summed E-state index contributed by atoms with van der Waals surface area (Å²) in [6.07, 6.45) is 0. The van der Waals surface area contributed by atoms with E-state index in [0.717, 1.165) is 0 Å². The first kappa shape index (κ1) is 13.9. The molecule has 0 aliphatic heterocycles. The Hall–Kier alpha value is -1.13. The number of carbonyl (C=O) groups is 1. The quantitative estimate of drug-likeness (QED) is 0.874. The molecule has 0 radical (unpaired) electrons. The molecular weight excluding hydrogens is 245 g/mol. The van der Waals surface area contributed by atoms with E-state index in [2.05, 4.69) is 5.32 Å². The van der Waals surface area contributed by atoms with Crippen LogP contribution in [0.5, 0.6) is 0 Å². The highest BCUT2D eigenvalue weighted by Crippen LogP contribution is 2.21. The minimum atomic E-state index is -1.08. The number of aryl methyl sites for hydroxylation is 1. The Morgan fingerprint density at radius 1 is 1.53 bits per heavy atom. The molecule has 0 saturated heterocycles. The number of carboxylic acids is 1. The summed E-state index contributed by atoms with van der Waals surface area (Å²) in [7, 11) is 0. The van der Waals surface area contributed by atoms with Gasteiger partial charge in [0.05, 0.1) is 0 Å². The average molecular weight is 260 g/mol. The number of aliphatic carboxylic acids is 1. The number of hydrogen-bond acceptors (Lipinski definition) is 2. The third-order valence-electron chi connectivity index (χ3n) is 2.58. The maximum atomic E-state index is 13.3. The predicted octanol–water partition coefficient (Wildman–Crippen LogP) is 2.74. The van der Waals surface area contributed by atoms with Gasteiger partial charge in [0.25, 0.3) is 0 Å². The summed E-state index contributed by atoms with van der Waals surface area (Å²) in [5.74, 6) is -1.32. The smallest absolute Gasteiger partial charge is 0.323 e. The summed E-state index contributed by atoms with van der Waals surface area (Å²) in [4.78, 5) is 10.9. The van der Waals surface area contributed by atoms with E-state index in [1.54, 1.807) is 6.92 Å². The summed E-state index contributed by atoms with van der Waals surface area (Å²) in [5, 5.41) is 12.2. The zero-order valence-electron chi connectivity index (χ0n) is 9.97. The van der Waals surface area contributed by atoms with Gasteiger partial charge in [-0.1, -0.05) is 11.6 Å². The van der Waals surface area contributed by atoms with Gasteiger partial charge < -0.3 is 5.11 Å². The molecule has 1 rings (SSSR count). The molecule has 0 aliphatic rings. The van der Waals surface area contributed by atoms with Crippen molar-refractivity contribution < 1.29 is 14.3 Å². The number of carboxylic acid groups (broad SMARTS) is 1. The summed E-state index contributed by atoms with van der Waals surface area (Å²) in [6.45, 7) is 4.90. The molecule has 0 spiro atoms. The molecule has 3 nitrogen and oxygen atoms in total. The van der Waals surface area contributed by atoms with E-state index in [0.29, 0.717) is 16.1 Å². The molecule has 1 aromatic rings. The fourth-order valence-corrected chi connectivity index (χ4v) is 1.50. The molecule has 0 bridgehead atoms. The third-order valence-corrected chi connectivity index (χ3v) is 2.93. The molecule has 17 heavy (non-hydrogen) atoms. The topological polar surface area (TPSA) is 49.3 Å². The maximum Gasteiger partial charge on any atom is 0.323 e. The molecule has 0 saturated carbocycles. The lowest BCUT2D eigenvalue weighted by molar-refractivity contribution is -0.143. The van der Waals surface area contributed by atoms with Crippen LogP contribution in [-0.4, -0.2) is 16.6 Å². The van der Waals surface area contributed by atoms with Crippen LogP contribution >= 0.6 is 11.6 Å². The molecule has 0 heterocycles. The van der Waals surface area contributed by atoms with Crippen molar-refractivity contribution in [3.05, 3.63) is 34.1 Å². The Balaban J connectivity index is 2.83. The van der Waals surface area contributed by atoms with Gasteiger partial charge in [0.2, 0.25) is 0 Å². The number of nitrogens with one attached hydrogen (secondary N) is 1. The predicted molar refractivity (Wildman–Crippen MR) is 64.7 cm³/mol. The van der Waals surface area contributed by atoms with Crippen LogP contribution in [0.25, 0.3) is 0 Å². The average Bonchev–Trinajstić information content (AvgIpc) is 2.21. The number of rotatable bonds is 4. The number of halogens is 2. The largest absolute Gasteiger partial charge is 0.480 e. The fraction of sp³-hybridized carbons (Fsp3) is 0.417. The normalized spacial score (nSPS) is 11.6. The number of hydrogen-bond donors (Lipinski definition) is 2. The highest BCUT2D eigenvalue weighted by atomic mass is 35.5. The Bertz CT molecular complexity index is 446. The van der Waals surface area contributed by atoms with Crippen molar-refractivity contribution in [2.24, 2.45) is 0 Å². The van der Waals surface area contributed by atoms with Crippen molar-refractivity contribution in [3.63, 3.8) is 0 Å². The first-order chi connectivity index (χ1) is 7.74. The van der Waals surface area contributed by atoms with E-state index in [4.69, 9.17) is 16.7 Å². The molecule has 0 amide bonds. The number of benzene rings is 1. The van der Waals surface area contributed by atoms with E-state index in [1.165, 1.54) is 26.0 Å². The summed E-state index contributed by atoms with van der Waals surface area (Å²) in [5.41, 5.74) is -0.0645. The van der Waals surface area contributed by atoms with Crippen molar-refractivity contribution in [3.8, 4) is 0 Å². The van der Waals surface area contributed by atoms with Crippen molar-refractivity contribution in [2.75, 3.05) is 0 Å². The Morgan fingerprint density at radius 2 is 2.12 bits per heavy atom. The Labute approximate surface area is 105 Å². The van der Waals surface area contributed by atoms with Crippen LogP contribution in [0.4, 0.5) is 4.39 Å². The second-order valence-corrected chi connectivity index (χ2v) is 4.88. The van der Waals surface area contributed by atoms with Crippen LogP contribution in [0.3, 0.4) is 0 Å². The molecule has 5 heteroatoms. The summed E-state index contributed by atoms with van der Waals surface area (Å²) < 4.78 is 13.3. The van der Waals surface area contributed by atoms with E-state index in [-0.39, 0.29) is 12.4 Å². The van der Waals surface area contributed by atoms with Gasteiger partial charge in [-0.2, -0.15) is 0 Å². The van der Waals surface area contributed by atoms with Gasteiger partial charge >= 0.3 is 5.97 Å². The first-order valence-electron chi connectivity index (χ1n) is 5.17. The third kappa shape index (κ3) is 3.41. The highest BCUT2D eigenvalue weighted by molar-refractivity contribution is 6.31. The molecule has 94 valence electrons. The molecule has 0 atom stereocenters.